The Hall–Kier alpha value is -1.47. The van der Waals surface area contributed by atoms with Crippen LogP contribution in [0.5, 0.6) is 0 Å². The first kappa shape index (κ1) is 15.9. The van der Waals surface area contributed by atoms with Crippen molar-refractivity contribution in [1.29, 1.82) is 0 Å². The fourth-order valence-corrected chi connectivity index (χ4v) is 2.16. The van der Waals surface area contributed by atoms with Gasteiger partial charge < -0.3 is 20.1 Å². The van der Waals surface area contributed by atoms with Gasteiger partial charge in [0.2, 0.25) is 11.9 Å². The summed E-state index contributed by atoms with van der Waals surface area (Å²) in [6.07, 6.45) is 3.55. The molecule has 1 fully saturated rings. The predicted molar refractivity (Wildman–Crippen MR) is 81.7 cm³/mol. The van der Waals surface area contributed by atoms with E-state index in [4.69, 9.17) is 9.84 Å². The second-order valence-electron chi connectivity index (χ2n) is 5.08. The molecule has 2 N–H and O–H groups in total. The third-order valence-corrected chi connectivity index (χ3v) is 3.31. The highest BCUT2D eigenvalue weighted by molar-refractivity contribution is 5.37. The number of aliphatic hydroxyl groups is 1. The summed E-state index contributed by atoms with van der Waals surface area (Å²) in [5, 5.41) is 12.0. The minimum absolute atomic E-state index is 0.221. The Balaban J connectivity index is 2.05. The van der Waals surface area contributed by atoms with E-state index < -0.39 is 0 Å². The fourth-order valence-electron chi connectivity index (χ4n) is 2.16. The van der Waals surface area contributed by atoms with Gasteiger partial charge >= 0.3 is 0 Å². The van der Waals surface area contributed by atoms with Crippen molar-refractivity contribution in [2.45, 2.75) is 32.6 Å². The summed E-state index contributed by atoms with van der Waals surface area (Å²) in [5.41, 5.74) is 0. The van der Waals surface area contributed by atoms with Crippen molar-refractivity contribution in [3.8, 4) is 0 Å². The van der Waals surface area contributed by atoms with Crippen LogP contribution in [0.3, 0.4) is 0 Å². The van der Waals surface area contributed by atoms with Gasteiger partial charge in [0, 0.05) is 32.7 Å². The van der Waals surface area contributed by atoms with E-state index in [2.05, 4.69) is 32.1 Å². The van der Waals surface area contributed by atoms with Gasteiger partial charge in [-0.25, -0.2) is 0 Å². The van der Waals surface area contributed by atoms with Crippen LogP contribution >= 0.6 is 0 Å². The molecule has 1 aromatic heterocycles. The van der Waals surface area contributed by atoms with E-state index in [1.807, 2.05) is 0 Å². The average molecular weight is 295 g/mol. The number of hydrogen-bond donors (Lipinski definition) is 2. The van der Waals surface area contributed by atoms with Crippen molar-refractivity contribution in [3.63, 3.8) is 0 Å². The van der Waals surface area contributed by atoms with Crippen molar-refractivity contribution in [1.82, 2.24) is 15.0 Å². The van der Waals surface area contributed by atoms with Crippen LogP contribution in [0.15, 0.2) is 0 Å². The lowest BCUT2D eigenvalue weighted by atomic mass is 10.3. The zero-order valence-corrected chi connectivity index (χ0v) is 12.7. The largest absolute Gasteiger partial charge is 0.396 e. The number of nitrogens with zero attached hydrogens (tertiary/aromatic N) is 4. The highest BCUT2D eigenvalue weighted by atomic mass is 16.5. The van der Waals surface area contributed by atoms with Gasteiger partial charge in [0.15, 0.2) is 0 Å². The Kier molecular flexibility index (Phi) is 6.62. The summed E-state index contributed by atoms with van der Waals surface area (Å²) in [7, 11) is 0. The van der Waals surface area contributed by atoms with E-state index in [-0.39, 0.29) is 6.61 Å². The number of rotatable bonds is 8. The molecule has 7 heteroatoms. The van der Waals surface area contributed by atoms with Crippen molar-refractivity contribution in [3.05, 3.63) is 5.82 Å². The summed E-state index contributed by atoms with van der Waals surface area (Å²) in [6.45, 7) is 6.17. The number of aliphatic hydroxyl groups excluding tert-OH is 1. The maximum Gasteiger partial charge on any atom is 0.230 e. The lowest BCUT2D eigenvalue weighted by molar-refractivity contribution is 0.122. The first-order valence-electron chi connectivity index (χ1n) is 7.76. The molecule has 0 bridgehead atoms. The number of anilines is 2. The van der Waals surface area contributed by atoms with Crippen LogP contribution in [0, 0.1) is 0 Å². The van der Waals surface area contributed by atoms with Gasteiger partial charge in [0.05, 0.1) is 13.2 Å². The number of nitrogens with one attached hydrogen (secondary N) is 1. The molecule has 0 amide bonds. The number of morpholine rings is 1. The van der Waals surface area contributed by atoms with Gasteiger partial charge in [-0.15, -0.1) is 0 Å². The molecule has 0 aromatic carbocycles. The maximum absolute atomic E-state index is 8.80. The average Bonchev–Trinajstić information content (AvgIpc) is 2.53. The molecule has 2 rings (SSSR count). The standard InChI is InChI=1S/C14H25N5O2/c1-2-5-12-16-13(15-6-3-4-9-20)18-14(17-12)19-7-10-21-11-8-19/h20H,2-11H2,1H3,(H,15,16,17,18). The molecule has 0 saturated carbocycles. The maximum atomic E-state index is 8.80. The Bertz CT molecular complexity index is 424. The molecule has 0 aliphatic carbocycles. The zero-order valence-electron chi connectivity index (χ0n) is 12.7. The molecule has 2 heterocycles. The van der Waals surface area contributed by atoms with Crippen molar-refractivity contribution in [2.75, 3.05) is 49.7 Å². The lowest BCUT2D eigenvalue weighted by Crippen LogP contribution is -2.37. The van der Waals surface area contributed by atoms with Crippen LogP contribution in [0.25, 0.3) is 0 Å². The monoisotopic (exact) mass is 295 g/mol. The van der Waals surface area contributed by atoms with Crippen LogP contribution in [0.2, 0.25) is 0 Å². The Morgan fingerprint density at radius 3 is 2.71 bits per heavy atom. The van der Waals surface area contributed by atoms with Crippen LogP contribution < -0.4 is 10.2 Å². The molecule has 1 aliphatic heterocycles. The van der Waals surface area contributed by atoms with E-state index in [1.54, 1.807) is 0 Å². The first-order valence-corrected chi connectivity index (χ1v) is 7.76. The Morgan fingerprint density at radius 1 is 1.19 bits per heavy atom. The van der Waals surface area contributed by atoms with E-state index in [0.29, 0.717) is 19.2 Å². The molecule has 7 nitrogen and oxygen atoms in total. The van der Waals surface area contributed by atoms with E-state index >= 15 is 0 Å². The molecular weight excluding hydrogens is 270 g/mol. The number of aryl methyl sites for hydroxylation is 1. The summed E-state index contributed by atoms with van der Waals surface area (Å²) >= 11 is 0. The predicted octanol–water partition coefficient (Wildman–Crippen LogP) is 0.845. The van der Waals surface area contributed by atoms with Gasteiger partial charge in [-0.3, -0.25) is 0 Å². The van der Waals surface area contributed by atoms with Gasteiger partial charge in [0.25, 0.3) is 0 Å². The minimum Gasteiger partial charge on any atom is -0.396 e. The third-order valence-electron chi connectivity index (χ3n) is 3.31. The lowest BCUT2D eigenvalue weighted by Gasteiger charge is -2.27. The summed E-state index contributed by atoms with van der Waals surface area (Å²) < 4.78 is 5.37. The highest BCUT2D eigenvalue weighted by Crippen LogP contribution is 2.13. The molecule has 1 aromatic rings. The summed E-state index contributed by atoms with van der Waals surface area (Å²) in [6, 6.07) is 0. The Morgan fingerprint density at radius 2 is 2.00 bits per heavy atom. The fraction of sp³-hybridized carbons (Fsp3) is 0.786. The first-order chi connectivity index (χ1) is 10.3. The minimum atomic E-state index is 0.221. The molecule has 0 atom stereocenters. The van der Waals surface area contributed by atoms with Gasteiger partial charge in [-0.05, 0) is 19.3 Å². The van der Waals surface area contributed by atoms with Gasteiger partial charge in [-0.2, -0.15) is 15.0 Å². The quantitative estimate of drug-likeness (QED) is 0.688. The van der Waals surface area contributed by atoms with Crippen molar-refractivity contribution >= 4 is 11.9 Å². The topological polar surface area (TPSA) is 83.4 Å². The second kappa shape index (κ2) is 8.74. The van der Waals surface area contributed by atoms with Gasteiger partial charge in [-0.1, -0.05) is 6.92 Å². The summed E-state index contributed by atoms with van der Waals surface area (Å²) in [4.78, 5) is 15.7. The molecule has 21 heavy (non-hydrogen) atoms. The van der Waals surface area contributed by atoms with E-state index in [0.717, 1.165) is 57.1 Å². The van der Waals surface area contributed by atoms with Gasteiger partial charge in [0.1, 0.15) is 5.82 Å². The van der Waals surface area contributed by atoms with Crippen LogP contribution in [-0.2, 0) is 11.2 Å². The summed E-state index contributed by atoms with van der Waals surface area (Å²) in [5.74, 6) is 2.20. The number of aromatic nitrogens is 3. The van der Waals surface area contributed by atoms with Crippen molar-refractivity contribution in [2.24, 2.45) is 0 Å². The molecular formula is C14H25N5O2. The highest BCUT2D eigenvalue weighted by Gasteiger charge is 2.16. The van der Waals surface area contributed by atoms with Crippen LogP contribution in [-0.4, -0.2) is 59.5 Å². The molecule has 0 radical (unpaired) electrons. The molecule has 1 saturated heterocycles. The Labute approximate surface area is 125 Å². The molecule has 0 spiro atoms. The smallest absolute Gasteiger partial charge is 0.230 e. The normalized spacial score (nSPS) is 15.2. The zero-order chi connectivity index (χ0) is 14.9. The second-order valence-corrected chi connectivity index (χ2v) is 5.08. The van der Waals surface area contributed by atoms with E-state index in [1.165, 1.54) is 0 Å². The molecule has 1 aliphatic rings. The van der Waals surface area contributed by atoms with Crippen LogP contribution in [0.1, 0.15) is 32.0 Å². The SMILES string of the molecule is CCCc1nc(NCCCCO)nc(N2CCOCC2)n1. The van der Waals surface area contributed by atoms with Crippen LogP contribution in [0.4, 0.5) is 11.9 Å². The van der Waals surface area contributed by atoms with Crippen molar-refractivity contribution < 1.29 is 9.84 Å². The number of hydrogen-bond acceptors (Lipinski definition) is 7. The number of unbranched alkanes of at least 4 members (excludes halogenated alkanes) is 1. The number of ether oxygens (including phenoxy) is 1. The van der Waals surface area contributed by atoms with E-state index in [9.17, 15) is 0 Å². The molecule has 0 unspecified atom stereocenters. The third kappa shape index (κ3) is 5.09. The molecule has 118 valence electrons.